The first kappa shape index (κ1) is 29.7. The Labute approximate surface area is 227 Å². The molecule has 9 atom stereocenters. The number of aliphatic hydroxyl groups excluding tert-OH is 1. The van der Waals surface area contributed by atoms with Gasteiger partial charge in [0.2, 0.25) is 5.78 Å². The lowest BCUT2D eigenvalue weighted by atomic mass is 9.44. The number of aliphatic hydroxyl groups is 1. The van der Waals surface area contributed by atoms with Gasteiger partial charge in [-0.2, -0.15) is 0 Å². The minimum atomic E-state index is -2.27. The van der Waals surface area contributed by atoms with Crippen molar-refractivity contribution in [2.75, 3.05) is 6.61 Å². The van der Waals surface area contributed by atoms with E-state index in [1.807, 2.05) is 0 Å². The third kappa shape index (κ3) is 4.16. The van der Waals surface area contributed by atoms with E-state index in [2.05, 4.69) is 0 Å². The number of alkyl halides is 2. The third-order valence-corrected chi connectivity index (χ3v) is 9.44. The highest BCUT2D eigenvalue weighted by Crippen LogP contribution is 2.72. The van der Waals surface area contributed by atoms with E-state index in [0.29, 0.717) is 0 Å². The number of esters is 1. The number of Topliss-reactive ketones (excluding diaryl/α,β-unsaturated/α-hetero) is 2. The monoisotopic (exact) mass is 552 g/mol. The summed E-state index contributed by atoms with van der Waals surface area (Å²) < 4.78 is 50.3. The van der Waals surface area contributed by atoms with Gasteiger partial charge in [0.15, 0.2) is 29.4 Å². The van der Waals surface area contributed by atoms with Crippen LogP contribution in [0.3, 0.4) is 0 Å². The highest BCUT2D eigenvalue weighted by Gasteiger charge is 2.80. The zero-order valence-corrected chi connectivity index (χ0v) is 23.5. The first-order chi connectivity index (χ1) is 17.9. The molecule has 1 heterocycles. The van der Waals surface area contributed by atoms with Crippen molar-refractivity contribution in [2.24, 2.45) is 22.7 Å². The number of hydrogen-bond acceptors (Lipinski definition) is 8. The number of allylic oxidation sites excluding steroid dienone is 4. The lowest BCUT2D eigenvalue weighted by Crippen LogP contribution is -2.71. The number of carbonyl (C=O) groups is 4. The van der Waals surface area contributed by atoms with E-state index in [0.717, 1.165) is 6.08 Å². The quantitative estimate of drug-likeness (QED) is 0.529. The Morgan fingerprint density at radius 3 is 2.31 bits per heavy atom. The van der Waals surface area contributed by atoms with Crippen LogP contribution in [0.2, 0.25) is 0 Å². The van der Waals surface area contributed by atoms with Gasteiger partial charge < -0.3 is 24.1 Å². The summed E-state index contributed by atoms with van der Waals surface area (Å²) in [6.45, 7) is 10.3. The van der Waals surface area contributed by atoms with Crippen molar-refractivity contribution in [1.82, 2.24) is 0 Å². The molecule has 0 aromatic rings. The number of halogens is 2. The number of hydrogen-bond donors (Lipinski definition) is 1. The van der Waals surface area contributed by atoms with Crippen molar-refractivity contribution in [1.29, 1.82) is 0 Å². The third-order valence-electron chi connectivity index (χ3n) is 9.44. The summed E-state index contributed by atoms with van der Waals surface area (Å²) in [4.78, 5) is 46.5. The number of ketones is 3. The smallest absolute Gasteiger partial charge is 0.303 e. The van der Waals surface area contributed by atoms with Gasteiger partial charge in [-0.3, -0.25) is 14.4 Å². The predicted octanol–water partition coefficient (Wildman–Crippen LogP) is 3.53. The minimum Gasteiger partial charge on any atom is -0.458 e. The standard InChI is InChI=1S/C26H32F2O7.C3H6O/c1-13(29)33-12-20(32)26-21(34-22(2,3)35-26)10-15-16-9-18(27)17-8-14(30)6-7-23(17,4)25(16,28)19(31)11-24(15,26)5;1-3(2)4/h6-8,15-16,18-19,21,31H,9-12H2,1-5H3;1-2H3/t15-,16-,18-,19-,21+,23-,24-,25-,26+;/m0./s1. The number of ether oxygens (including phenoxy) is 3. The summed E-state index contributed by atoms with van der Waals surface area (Å²) in [5, 5.41) is 11.5. The summed E-state index contributed by atoms with van der Waals surface area (Å²) >= 11 is 0. The molecule has 1 aliphatic heterocycles. The summed E-state index contributed by atoms with van der Waals surface area (Å²) in [7, 11) is 0. The topological polar surface area (TPSA) is 116 Å². The first-order valence-corrected chi connectivity index (χ1v) is 13.3. The van der Waals surface area contributed by atoms with Gasteiger partial charge in [-0.15, -0.1) is 0 Å². The molecule has 3 saturated carbocycles. The van der Waals surface area contributed by atoms with E-state index in [1.165, 1.54) is 39.8 Å². The van der Waals surface area contributed by atoms with Crippen LogP contribution in [-0.4, -0.2) is 70.5 Å². The molecule has 5 aliphatic rings. The van der Waals surface area contributed by atoms with E-state index in [4.69, 9.17) is 14.2 Å². The van der Waals surface area contributed by atoms with Gasteiger partial charge in [-0.05, 0) is 77.5 Å². The maximum atomic E-state index is 17.3. The normalized spacial score (nSPS) is 45.0. The summed E-state index contributed by atoms with van der Waals surface area (Å²) in [6, 6.07) is 0. The van der Waals surface area contributed by atoms with Crippen LogP contribution in [-0.2, 0) is 33.4 Å². The second-order valence-corrected chi connectivity index (χ2v) is 12.6. The molecule has 0 unspecified atom stereocenters. The van der Waals surface area contributed by atoms with E-state index >= 15 is 8.78 Å². The molecular weight excluding hydrogens is 514 g/mol. The lowest BCUT2D eigenvalue weighted by molar-refractivity contribution is -0.249. The molecule has 0 aromatic carbocycles. The zero-order chi connectivity index (χ0) is 29.3. The Morgan fingerprint density at radius 2 is 1.72 bits per heavy atom. The molecule has 0 amide bonds. The van der Waals surface area contributed by atoms with E-state index < -0.39 is 82.2 Å². The molecule has 5 rings (SSSR count). The second kappa shape index (κ2) is 9.38. The number of rotatable bonds is 3. The molecule has 39 heavy (non-hydrogen) atoms. The predicted molar refractivity (Wildman–Crippen MR) is 135 cm³/mol. The highest BCUT2D eigenvalue weighted by atomic mass is 19.1. The molecule has 0 radical (unpaired) electrons. The van der Waals surface area contributed by atoms with Gasteiger partial charge in [-0.1, -0.05) is 13.0 Å². The van der Waals surface area contributed by atoms with Crippen LogP contribution in [0.5, 0.6) is 0 Å². The fourth-order valence-electron chi connectivity index (χ4n) is 8.08. The van der Waals surface area contributed by atoms with Crippen LogP contribution >= 0.6 is 0 Å². The van der Waals surface area contributed by atoms with Gasteiger partial charge in [0.1, 0.15) is 12.0 Å². The molecule has 8 nitrogen and oxygen atoms in total. The Bertz CT molecular complexity index is 1160. The lowest BCUT2D eigenvalue weighted by Gasteiger charge is -2.63. The van der Waals surface area contributed by atoms with Crippen LogP contribution in [0.1, 0.15) is 67.7 Å². The summed E-state index contributed by atoms with van der Waals surface area (Å²) in [5.41, 5.74) is -6.46. The van der Waals surface area contributed by atoms with Gasteiger partial charge in [0.25, 0.3) is 0 Å². The van der Waals surface area contributed by atoms with Gasteiger partial charge in [0, 0.05) is 23.7 Å². The van der Waals surface area contributed by atoms with Crippen LogP contribution in [0.4, 0.5) is 8.78 Å². The Balaban J connectivity index is 0.000000826. The van der Waals surface area contributed by atoms with Crippen molar-refractivity contribution in [2.45, 2.75) is 103 Å². The Hall–Kier alpha value is -2.30. The molecule has 216 valence electrons. The van der Waals surface area contributed by atoms with Crippen molar-refractivity contribution >= 4 is 23.3 Å². The fourth-order valence-corrected chi connectivity index (χ4v) is 8.08. The molecule has 4 aliphatic carbocycles. The average molecular weight is 553 g/mol. The van der Waals surface area contributed by atoms with Crippen molar-refractivity contribution < 1.29 is 47.3 Å². The number of fused-ring (bicyclic) bond motifs is 7. The van der Waals surface area contributed by atoms with Crippen LogP contribution < -0.4 is 0 Å². The van der Waals surface area contributed by atoms with E-state index in [1.54, 1.807) is 20.8 Å². The maximum absolute atomic E-state index is 17.3. The molecule has 10 heteroatoms. The largest absolute Gasteiger partial charge is 0.458 e. The summed E-state index contributed by atoms with van der Waals surface area (Å²) in [6.07, 6.45) is -0.345. The van der Waals surface area contributed by atoms with Crippen molar-refractivity contribution in [3.05, 3.63) is 23.8 Å². The van der Waals surface area contributed by atoms with Crippen LogP contribution in [0.25, 0.3) is 0 Å². The fraction of sp³-hybridized carbons (Fsp3) is 0.724. The molecule has 0 spiro atoms. The summed E-state index contributed by atoms with van der Waals surface area (Å²) in [5.74, 6) is -4.06. The maximum Gasteiger partial charge on any atom is 0.303 e. The SMILES string of the molecule is CC(=O)OCC(=O)[C@@]12OC(C)(C)O[C@@H]1C[C@H]1[C@@H]3C[C@H](F)C4=CC(=O)C=C[C@]4(C)[C@@]3(F)[C@@H](O)C[C@@]12C.CC(C)=O. The van der Waals surface area contributed by atoms with E-state index in [9.17, 15) is 24.3 Å². The molecule has 0 bridgehead atoms. The van der Waals surface area contributed by atoms with Crippen LogP contribution in [0.15, 0.2) is 23.8 Å². The Kier molecular flexibility index (Phi) is 7.14. The molecule has 4 fully saturated rings. The first-order valence-electron chi connectivity index (χ1n) is 13.3. The van der Waals surface area contributed by atoms with Crippen LogP contribution in [0, 0.1) is 22.7 Å². The van der Waals surface area contributed by atoms with Crippen molar-refractivity contribution in [3.63, 3.8) is 0 Å². The number of carbonyl (C=O) groups excluding carboxylic acids is 4. The zero-order valence-electron chi connectivity index (χ0n) is 23.5. The molecule has 1 N–H and O–H groups in total. The molecular formula is C29H38F2O8. The van der Waals surface area contributed by atoms with Gasteiger partial charge in [0.05, 0.1) is 12.2 Å². The van der Waals surface area contributed by atoms with Crippen molar-refractivity contribution in [3.8, 4) is 0 Å². The minimum absolute atomic E-state index is 0.0406. The molecule has 0 aromatic heterocycles. The molecule has 1 saturated heterocycles. The van der Waals surface area contributed by atoms with Gasteiger partial charge in [-0.25, -0.2) is 8.78 Å². The Morgan fingerprint density at radius 1 is 1.10 bits per heavy atom. The van der Waals surface area contributed by atoms with Gasteiger partial charge >= 0.3 is 5.97 Å². The van der Waals surface area contributed by atoms with E-state index in [-0.39, 0.29) is 30.6 Å². The average Bonchev–Trinajstić information content (AvgIpc) is 3.21. The second-order valence-electron chi connectivity index (χ2n) is 12.6. The highest BCUT2D eigenvalue weighted by molar-refractivity contribution is 6.01.